The number of nitrogen functional groups attached to an aromatic ring is 1. The highest BCUT2D eigenvalue weighted by atomic mass is 16.4. The molecule has 3 rings (SSSR count). The van der Waals surface area contributed by atoms with E-state index in [1.165, 1.54) is 55.0 Å². The van der Waals surface area contributed by atoms with E-state index < -0.39 is 29.2 Å². The van der Waals surface area contributed by atoms with Gasteiger partial charge in [0.05, 0.1) is 35.7 Å². The number of aromatic nitrogens is 2. The summed E-state index contributed by atoms with van der Waals surface area (Å²) in [7, 11) is 0. The summed E-state index contributed by atoms with van der Waals surface area (Å²) >= 11 is 0. The first kappa shape index (κ1) is 27.0. The van der Waals surface area contributed by atoms with E-state index in [4.69, 9.17) is 11.1 Å². The van der Waals surface area contributed by atoms with Gasteiger partial charge in [0.1, 0.15) is 11.5 Å². The van der Waals surface area contributed by atoms with E-state index in [1.807, 2.05) is 20.8 Å². The van der Waals surface area contributed by atoms with Gasteiger partial charge >= 0.3 is 5.97 Å². The van der Waals surface area contributed by atoms with Crippen LogP contribution in [0.3, 0.4) is 0 Å². The van der Waals surface area contributed by atoms with Crippen molar-refractivity contribution in [3.63, 3.8) is 0 Å². The van der Waals surface area contributed by atoms with E-state index in [2.05, 4.69) is 20.6 Å². The fraction of sp³-hybridized carbons (Fsp3) is 0.231. The van der Waals surface area contributed by atoms with Crippen LogP contribution in [-0.2, 0) is 0 Å². The molecular formula is C26H28N6O5. The topological polar surface area (TPSA) is 191 Å². The Bertz CT molecular complexity index is 1350. The molecule has 0 fully saturated rings. The van der Waals surface area contributed by atoms with Gasteiger partial charge in [-0.2, -0.15) is 0 Å². The summed E-state index contributed by atoms with van der Waals surface area (Å²) in [4.78, 5) is 46.1. The first-order valence-corrected chi connectivity index (χ1v) is 11.3. The third kappa shape index (κ3) is 6.33. The number of aromatic carboxylic acids is 1. The van der Waals surface area contributed by atoms with Gasteiger partial charge in [0.15, 0.2) is 0 Å². The smallest absolute Gasteiger partial charge is 0.336 e. The summed E-state index contributed by atoms with van der Waals surface area (Å²) in [5.41, 5.74) is 6.08. The maximum Gasteiger partial charge on any atom is 0.336 e. The molecule has 2 heterocycles. The number of aliphatic hydroxyl groups excluding tert-OH is 1. The lowest BCUT2D eigenvalue weighted by Gasteiger charge is -2.29. The van der Waals surface area contributed by atoms with Crippen LogP contribution in [0.5, 0.6) is 0 Å². The molecule has 3 aromatic rings. The second-order valence-electron chi connectivity index (χ2n) is 9.36. The number of nitrogens with one attached hydrogen (secondary N) is 3. The number of amidine groups is 1. The molecule has 7 N–H and O–H groups in total. The van der Waals surface area contributed by atoms with E-state index in [9.17, 15) is 24.6 Å². The molecule has 11 nitrogen and oxygen atoms in total. The van der Waals surface area contributed by atoms with Crippen molar-refractivity contribution in [2.45, 2.75) is 26.8 Å². The predicted octanol–water partition coefficient (Wildman–Crippen LogP) is 2.51. The number of nitrogens with zero attached hydrogens (tertiary/aromatic N) is 2. The molecular weight excluding hydrogens is 476 g/mol. The number of rotatable bonds is 8. The number of hydrogen-bond donors (Lipinski definition) is 6. The molecule has 192 valence electrons. The van der Waals surface area contributed by atoms with Gasteiger partial charge in [-0.1, -0.05) is 26.8 Å². The van der Waals surface area contributed by atoms with Gasteiger partial charge in [0.25, 0.3) is 11.8 Å². The molecule has 0 aliphatic heterocycles. The molecule has 0 spiro atoms. The van der Waals surface area contributed by atoms with Gasteiger partial charge in [-0.25, -0.2) is 4.79 Å². The van der Waals surface area contributed by atoms with Crippen molar-refractivity contribution >= 4 is 29.3 Å². The first-order chi connectivity index (χ1) is 17.4. The van der Waals surface area contributed by atoms with Crippen molar-refractivity contribution < 1.29 is 24.6 Å². The molecule has 1 aromatic carbocycles. The third-order valence-corrected chi connectivity index (χ3v) is 5.70. The van der Waals surface area contributed by atoms with Crippen molar-refractivity contribution in [2.75, 3.05) is 11.9 Å². The van der Waals surface area contributed by atoms with E-state index in [1.54, 1.807) is 0 Å². The van der Waals surface area contributed by atoms with Gasteiger partial charge in [-0.05, 0) is 41.3 Å². The normalized spacial score (nSPS) is 11.9. The van der Waals surface area contributed by atoms with Crippen LogP contribution in [0.25, 0.3) is 11.1 Å². The van der Waals surface area contributed by atoms with Gasteiger partial charge in [-0.3, -0.25) is 25.0 Å². The van der Waals surface area contributed by atoms with Crippen LogP contribution in [-0.4, -0.2) is 56.4 Å². The highest BCUT2D eigenvalue weighted by molar-refractivity contribution is 6.10. The number of amides is 2. The van der Waals surface area contributed by atoms with E-state index in [-0.39, 0.29) is 46.0 Å². The van der Waals surface area contributed by atoms with Crippen molar-refractivity contribution in [3.05, 3.63) is 77.4 Å². The summed E-state index contributed by atoms with van der Waals surface area (Å²) in [6.07, 6.45) is 4.12. The fourth-order valence-corrected chi connectivity index (χ4v) is 3.51. The summed E-state index contributed by atoms with van der Waals surface area (Å²) in [5.74, 6) is -2.58. The predicted molar refractivity (Wildman–Crippen MR) is 138 cm³/mol. The quantitative estimate of drug-likeness (QED) is 0.199. The standard InChI is InChI=1S/C26H28N6O5/c1-26(2,3)21(13-33)32-23(34)14-4-6-16(18(10-14)25(36)37)19-12-29-9-8-17(19)24(35)31-15-5-7-20(22(27)28)30-11-15/h4-12,21,33H,13H2,1-3H3,(H3,27,28)(H,31,35)(H,32,34)(H,36,37). The van der Waals surface area contributed by atoms with E-state index >= 15 is 0 Å². The number of benzene rings is 1. The average molecular weight is 505 g/mol. The molecule has 1 atom stereocenters. The Labute approximate surface area is 213 Å². The zero-order valence-corrected chi connectivity index (χ0v) is 20.6. The largest absolute Gasteiger partial charge is 0.478 e. The Kier molecular flexibility index (Phi) is 7.98. The van der Waals surface area contributed by atoms with E-state index in [0.29, 0.717) is 5.69 Å². The number of pyridine rings is 2. The van der Waals surface area contributed by atoms with Crippen molar-refractivity contribution in [2.24, 2.45) is 11.1 Å². The molecule has 0 saturated carbocycles. The summed E-state index contributed by atoms with van der Waals surface area (Å²) in [6.45, 7) is 5.31. The molecule has 37 heavy (non-hydrogen) atoms. The highest BCUT2D eigenvalue weighted by Crippen LogP contribution is 2.29. The van der Waals surface area contributed by atoms with Crippen LogP contribution >= 0.6 is 0 Å². The molecule has 2 aromatic heterocycles. The zero-order chi connectivity index (χ0) is 27.3. The van der Waals surface area contributed by atoms with Gasteiger partial charge in [0.2, 0.25) is 0 Å². The number of carboxylic acid groups (broad SMARTS) is 1. The zero-order valence-electron chi connectivity index (χ0n) is 20.6. The van der Waals surface area contributed by atoms with Crippen molar-refractivity contribution in [3.8, 4) is 11.1 Å². The lowest BCUT2D eigenvalue weighted by molar-refractivity contribution is 0.0697. The second kappa shape index (κ2) is 11.0. The Hall–Kier alpha value is -4.64. The first-order valence-electron chi connectivity index (χ1n) is 11.3. The van der Waals surface area contributed by atoms with Crippen LogP contribution < -0.4 is 16.4 Å². The molecule has 1 unspecified atom stereocenters. The molecule has 2 amide bonds. The van der Waals surface area contributed by atoms with Crippen LogP contribution in [0.2, 0.25) is 0 Å². The summed E-state index contributed by atoms with van der Waals surface area (Å²) in [5, 5.41) is 32.4. The number of nitrogens with two attached hydrogens (primary N) is 1. The van der Waals surface area contributed by atoms with Gasteiger partial charge < -0.3 is 26.6 Å². The molecule has 0 saturated heterocycles. The minimum Gasteiger partial charge on any atom is -0.478 e. The van der Waals surface area contributed by atoms with Crippen LogP contribution in [0.15, 0.2) is 55.0 Å². The Morgan fingerprint density at radius 1 is 1.03 bits per heavy atom. The SMILES string of the molecule is CC(C)(C)C(CO)NC(=O)c1ccc(-c2cnccc2C(=O)Nc2ccc(C(=N)N)nc2)c(C(=O)O)c1. The molecule has 0 aliphatic carbocycles. The Morgan fingerprint density at radius 2 is 1.76 bits per heavy atom. The monoisotopic (exact) mass is 504 g/mol. The van der Waals surface area contributed by atoms with Crippen LogP contribution in [0.1, 0.15) is 57.5 Å². The third-order valence-electron chi connectivity index (χ3n) is 5.70. The van der Waals surface area contributed by atoms with Crippen LogP contribution in [0.4, 0.5) is 5.69 Å². The number of anilines is 1. The lowest BCUT2D eigenvalue weighted by Crippen LogP contribution is -2.46. The highest BCUT2D eigenvalue weighted by Gasteiger charge is 2.27. The fourth-order valence-electron chi connectivity index (χ4n) is 3.51. The molecule has 0 radical (unpaired) electrons. The number of aliphatic hydroxyl groups is 1. The summed E-state index contributed by atoms with van der Waals surface area (Å²) < 4.78 is 0. The number of carbonyl (C=O) groups is 3. The minimum atomic E-state index is -1.29. The van der Waals surface area contributed by atoms with Crippen molar-refractivity contribution in [1.29, 1.82) is 5.41 Å². The number of carboxylic acids is 1. The molecule has 11 heteroatoms. The Balaban J connectivity index is 1.95. The molecule has 0 aliphatic rings. The van der Waals surface area contributed by atoms with Crippen molar-refractivity contribution in [1.82, 2.24) is 15.3 Å². The Morgan fingerprint density at radius 3 is 2.32 bits per heavy atom. The minimum absolute atomic E-state index is 0.0929. The van der Waals surface area contributed by atoms with Gasteiger partial charge in [-0.15, -0.1) is 0 Å². The van der Waals surface area contributed by atoms with Crippen LogP contribution in [0, 0.1) is 10.8 Å². The average Bonchev–Trinajstić information content (AvgIpc) is 2.86. The van der Waals surface area contributed by atoms with E-state index in [0.717, 1.165) is 0 Å². The lowest BCUT2D eigenvalue weighted by atomic mass is 9.87. The maximum absolute atomic E-state index is 13.1. The number of hydrogen-bond acceptors (Lipinski definition) is 7. The number of carbonyl (C=O) groups excluding carboxylic acids is 2. The second-order valence-corrected chi connectivity index (χ2v) is 9.36. The maximum atomic E-state index is 13.1. The summed E-state index contributed by atoms with van der Waals surface area (Å²) in [6, 6.07) is 8.05. The molecule has 0 bridgehead atoms. The van der Waals surface area contributed by atoms with Gasteiger partial charge in [0, 0.05) is 23.5 Å².